The molecule has 2 aliphatic rings. The minimum Gasteiger partial charge on any atom is -0.325 e. The van der Waals surface area contributed by atoms with Gasteiger partial charge in [-0.25, -0.2) is 9.98 Å². The second-order valence-corrected chi connectivity index (χ2v) is 7.05. The summed E-state index contributed by atoms with van der Waals surface area (Å²) in [6.07, 6.45) is 5.99. The summed E-state index contributed by atoms with van der Waals surface area (Å²) in [4.78, 5) is 9.73. The molecule has 1 atom stereocenters. The molecule has 0 saturated heterocycles. The number of rotatable bonds is 3. The molecule has 0 radical (unpaired) electrons. The van der Waals surface area contributed by atoms with Crippen LogP contribution in [0.4, 0.5) is 0 Å². The molecule has 0 fully saturated rings. The van der Waals surface area contributed by atoms with Crippen molar-refractivity contribution in [3.63, 3.8) is 0 Å². The fraction of sp³-hybridized carbons (Fsp3) is 0.143. The smallest absolute Gasteiger partial charge is 0.169 e. The molecule has 2 aromatic rings. The average Bonchev–Trinajstić information content (AvgIpc) is 2.69. The molecule has 2 aromatic carbocycles. The van der Waals surface area contributed by atoms with Gasteiger partial charge in [-0.05, 0) is 28.5 Å². The number of hydrogen-bond donors (Lipinski definition) is 1. The zero-order valence-corrected chi connectivity index (χ0v) is 15.3. The zero-order valence-electron chi connectivity index (χ0n) is 13.7. The number of aliphatic imine (C=N–C) groups is 2. The molecule has 124 valence electrons. The first-order valence-corrected chi connectivity index (χ1v) is 9.17. The lowest BCUT2D eigenvalue weighted by Crippen LogP contribution is -2.36. The second-order valence-electron chi connectivity index (χ2n) is 6.04. The van der Waals surface area contributed by atoms with Gasteiger partial charge in [0.25, 0.3) is 0 Å². The number of benzene rings is 2. The van der Waals surface area contributed by atoms with Crippen LogP contribution in [0.25, 0.3) is 0 Å². The van der Waals surface area contributed by atoms with Crippen molar-refractivity contribution < 1.29 is 0 Å². The van der Waals surface area contributed by atoms with Crippen LogP contribution in [-0.2, 0) is 0 Å². The van der Waals surface area contributed by atoms with Gasteiger partial charge in [0.15, 0.2) is 6.17 Å². The summed E-state index contributed by atoms with van der Waals surface area (Å²) >= 11 is 3.57. The highest BCUT2D eigenvalue weighted by molar-refractivity contribution is 9.11. The van der Waals surface area contributed by atoms with Gasteiger partial charge >= 0.3 is 0 Å². The number of halogens is 1. The van der Waals surface area contributed by atoms with E-state index in [-0.39, 0.29) is 6.17 Å². The van der Waals surface area contributed by atoms with Gasteiger partial charge < -0.3 is 5.32 Å². The van der Waals surface area contributed by atoms with Crippen LogP contribution in [0.1, 0.15) is 30.1 Å². The van der Waals surface area contributed by atoms with Crippen molar-refractivity contribution in [1.82, 2.24) is 5.32 Å². The monoisotopic (exact) mass is 391 g/mol. The Morgan fingerprint density at radius 2 is 1.48 bits per heavy atom. The standard InChI is InChI=1S/C21H18BrN3/c22-18-13-11-17(12-14-18)21-24-19(15-7-3-1-4-8-15)23-20(25-21)16-9-5-2-6-10-16/h1-11,13,19H,12,14H2,(H,23,24,25). The van der Waals surface area contributed by atoms with Crippen LogP contribution in [0.15, 0.2) is 92.9 Å². The molecule has 0 bridgehead atoms. The lowest BCUT2D eigenvalue weighted by molar-refractivity contribution is 0.752. The van der Waals surface area contributed by atoms with Crippen molar-refractivity contribution in [2.24, 2.45) is 9.98 Å². The van der Waals surface area contributed by atoms with Gasteiger partial charge in [-0.15, -0.1) is 0 Å². The predicted molar refractivity (Wildman–Crippen MR) is 107 cm³/mol. The van der Waals surface area contributed by atoms with Gasteiger partial charge in [0.2, 0.25) is 0 Å². The van der Waals surface area contributed by atoms with E-state index in [1.807, 2.05) is 36.4 Å². The van der Waals surface area contributed by atoms with Gasteiger partial charge in [-0.1, -0.05) is 88.7 Å². The quantitative estimate of drug-likeness (QED) is 0.772. The Bertz CT molecular complexity index is 880. The normalized spacial score (nSPS) is 20.0. The van der Waals surface area contributed by atoms with Crippen molar-refractivity contribution in [1.29, 1.82) is 0 Å². The van der Waals surface area contributed by atoms with E-state index in [0.29, 0.717) is 0 Å². The maximum absolute atomic E-state index is 4.88. The predicted octanol–water partition coefficient (Wildman–Crippen LogP) is 5.13. The first-order chi connectivity index (χ1) is 12.3. The van der Waals surface area contributed by atoms with Crippen LogP contribution in [0, 0.1) is 0 Å². The van der Waals surface area contributed by atoms with E-state index in [0.717, 1.165) is 35.6 Å². The third kappa shape index (κ3) is 3.64. The van der Waals surface area contributed by atoms with Gasteiger partial charge in [-0.3, -0.25) is 0 Å². The Morgan fingerprint density at radius 1 is 0.800 bits per heavy atom. The molecule has 1 N–H and O–H groups in total. The Hall–Kier alpha value is -2.46. The maximum Gasteiger partial charge on any atom is 0.169 e. The van der Waals surface area contributed by atoms with Gasteiger partial charge in [-0.2, -0.15) is 0 Å². The second kappa shape index (κ2) is 7.19. The Morgan fingerprint density at radius 3 is 2.16 bits per heavy atom. The number of nitrogens with zero attached hydrogens (tertiary/aromatic N) is 2. The van der Waals surface area contributed by atoms with Crippen LogP contribution in [-0.4, -0.2) is 11.7 Å². The van der Waals surface area contributed by atoms with Gasteiger partial charge in [0.05, 0.1) is 0 Å². The van der Waals surface area contributed by atoms with E-state index < -0.39 is 0 Å². The zero-order chi connectivity index (χ0) is 17.1. The summed E-state index contributed by atoms with van der Waals surface area (Å²) in [5.74, 6) is 1.79. The molecule has 4 rings (SSSR count). The average molecular weight is 392 g/mol. The van der Waals surface area contributed by atoms with E-state index in [9.17, 15) is 0 Å². The summed E-state index contributed by atoms with van der Waals surface area (Å²) in [7, 11) is 0. The van der Waals surface area contributed by atoms with Crippen LogP contribution >= 0.6 is 15.9 Å². The molecular weight excluding hydrogens is 374 g/mol. The fourth-order valence-corrected chi connectivity index (χ4v) is 3.27. The number of nitrogens with one attached hydrogen (secondary N) is 1. The Balaban J connectivity index is 1.74. The van der Waals surface area contributed by atoms with Crippen molar-refractivity contribution in [2.75, 3.05) is 0 Å². The van der Waals surface area contributed by atoms with Crippen LogP contribution in [0.3, 0.4) is 0 Å². The summed E-state index contributed by atoms with van der Waals surface area (Å²) in [5.41, 5.74) is 3.39. The first-order valence-electron chi connectivity index (χ1n) is 8.38. The SMILES string of the molecule is BrC1=CC=C(C2=NC(c3ccccc3)N=C(c3ccccc3)N2)CC1. The van der Waals surface area contributed by atoms with Crippen LogP contribution < -0.4 is 5.32 Å². The third-order valence-corrected chi connectivity index (χ3v) is 4.95. The Labute approximate surface area is 156 Å². The molecule has 25 heavy (non-hydrogen) atoms. The number of hydrogen-bond acceptors (Lipinski definition) is 3. The minimum absolute atomic E-state index is 0.220. The minimum atomic E-state index is -0.220. The van der Waals surface area contributed by atoms with Gasteiger partial charge in [0.1, 0.15) is 11.7 Å². The molecule has 0 saturated carbocycles. The first kappa shape index (κ1) is 16.0. The highest BCUT2D eigenvalue weighted by Crippen LogP contribution is 2.27. The van der Waals surface area contributed by atoms with Crippen molar-refractivity contribution in [2.45, 2.75) is 19.0 Å². The van der Waals surface area contributed by atoms with Crippen LogP contribution in [0.2, 0.25) is 0 Å². The molecular formula is C21H18BrN3. The topological polar surface area (TPSA) is 36.8 Å². The molecule has 3 nitrogen and oxygen atoms in total. The molecule has 1 heterocycles. The van der Waals surface area contributed by atoms with E-state index in [4.69, 9.17) is 9.98 Å². The summed E-state index contributed by atoms with van der Waals surface area (Å²) in [6, 6.07) is 20.5. The van der Waals surface area contributed by atoms with E-state index >= 15 is 0 Å². The fourth-order valence-electron chi connectivity index (χ4n) is 2.94. The lowest BCUT2D eigenvalue weighted by Gasteiger charge is -2.24. The molecule has 0 spiro atoms. The summed E-state index contributed by atoms with van der Waals surface area (Å²) in [6.45, 7) is 0. The van der Waals surface area contributed by atoms with E-state index in [2.05, 4.69) is 57.7 Å². The molecule has 0 aromatic heterocycles. The number of allylic oxidation sites excluding steroid dienone is 3. The summed E-state index contributed by atoms with van der Waals surface area (Å²) in [5, 5.41) is 3.44. The van der Waals surface area contributed by atoms with E-state index in [1.54, 1.807) is 0 Å². The third-order valence-electron chi connectivity index (χ3n) is 4.29. The highest BCUT2D eigenvalue weighted by atomic mass is 79.9. The van der Waals surface area contributed by atoms with Crippen molar-refractivity contribution >= 4 is 27.6 Å². The summed E-state index contributed by atoms with van der Waals surface area (Å²) < 4.78 is 1.23. The number of amidine groups is 2. The molecule has 1 aliphatic heterocycles. The van der Waals surface area contributed by atoms with Gasteiger partial charge in [0, 0.05) is 5.56 Å². The van der Waals surface area contributed by atoms with Crippen molar-refractivity contribution in [3.05, 3.63) is 94.0 Å². The largest absolute Gasteiger partial charge is 0.325 e. The highest BCUT2D eigenvalue weighted by Gasteiger charge is 2.22. The van der Waals surface area contributed by atoms with E-state index in [1.165, 1.54) is 10.1 Å². The molecule has 1 aliphatic carbocycles. The van der Waals surface area contributed by atoms with Crippen LogP contribution in [0.5, 0.6) is 0 Å². The maximum atomic E-state index is 4.88. The lowest BCUT2D eigenvalue weighted by atomic mass is 10.0. The molecule has 4 heteroatoms. The molecule has 1 unspecified atom stereocenters. The Kier molecular flexibility index (Phi) is 4.61. The molecule has 0 amide bonds. The van der Waals surface area contributed by atoms with Crippen molar-refractivity contribution in [3.8, 4) is 0 Å².